The van der Waals surface area contributed by atoms with Crippen LogP contribution in [0.3, 0.4) is 0 Å². The van der Waals surface area contributed by atoms with E-state index in [4.69, 9.17) is 31.9 Å². The average Bonchev–Trinajstić information content (AvgIpc) is 3.23. The molecule has 2 amide bonds. The number of nitrogens with one attached hydrogen (secondary N) is 2. The molecule has 3 heterocycles. The number of nitrogens with two attached hydrogens (primary N) is 3. The monoisotopic (exact) mass is 770 g/mol. The lowest BCUT2D eigenvalue weighted by molar-refractivity contribution is -0.134. The molecule has 57 heavy (non-hydrogen) atoms. The number of anilines is 3. The van der Waals surface area contributed by atoms with E-state index in [1.165, 1.54) is 0 Å². The number of rotatable bonds is 14. The normalized spacial score (nSPS) is 18.7. The number of amides is 2. The molecule has 3 aromatic carbocycles. The van der Waals surface area contributed by atoms with Crippen LogP contribution in [0.25, 0.3) is 17.8 Å². The maximum absolute atomic E-state index is 12.5. The van der Waals surface area contributed by atoms with Crippen LogP contribution in [0.4, 0.5) is 17.3 Å². The van der Waals surface area contributed by atoms with Gasteiger partial charge in [0.15, 0.2) is 0 Å². The standard InChI is InChI=1S/C44H54N10O3/c1-5-32-26-53(39(42(46)47)23-35(45)34-14-10-11-15-40(34)57-28-30-12-8-7-9-13-30)27-33(6-2)54(32)44-49-24-31(25-50-44)17-16-29-18-19-37(36(22-29)48-3)52(4)38-20-21-41(55)51-43(38)56/h7-19,22-25,32-33,38,48H,5-6,20-21,26-28,45-47H2,1-4H3,(H,51,55,56)/b17-16+,35-23-. The van der Waals surface area contributed by atoms with Crippen LogP contribution in [0.5, 0.6) is 5.75 Å². The fourth-order valence-corrected chi connectivity index (χ4v) is 7.51. The van der Waals surface area contributed by atoms with Gasteiger partial charge >= 0.3 is 0 Å². The summed E-state index contributed by atoms with van der Waals surface area (Å²) in [5.74, 6) is 1.05. The minimum atomic E-state index is -0.415. The molecule has 3 unspecified atom stereocenters. The second-order valence-corrected chi connectivity index (χ2v) is 14.4. The predicted octanol–water partition coefficient (Wildman–Crippen LogP) is 5.27. The number of ether oxygens (including phenoxy) is 1. The molecule has 3 atom stereocenters. The Kier molecular flexibility index (Phi) is 13.0. The average molecular weight is 771 g/mol. The highest BCUT2D eigenvalue weighted by Gasteiger charge is 2.35. The van der Waals surface area contributed by atoms with E-state index in [1.807, 2.05) is 122 Å². The molecule has 0 saturated carbocycles. The number of nitrogens with zero attached hydrogens (tertiary/aromatic N) is 5. The Morgan fingerprint density at radius 2 is 1.60 bits per heavy atom. The summed E-state index contributed by atoms with van der Waals surface area (Å²) in [5, 5.41) is 5.69. The molecule has 0 bridgehead atoms. The van der Waals surface area contributed by atoms with Crippen molar-refractivity contribution in [2.45, 2.75) is 64.3 Å². The van der Waals surface area contributed by atoms with Gasteiger partial charge in [0.1, 0.15) is 24.2 Å². The van der Waals surface area contributed by atoms with E-state index < -0.39 is 6.04 Å². The Morgan fingerprint density at radius 1 is 0.930 bits per heavy atom. The van der Waals surface area contributed by atoms with Crippen LogP contribution in [-0.4, -0.2) is 72.0 Å². The van der Waals surface area contributed by atoms with Crippen molar-refractivity contribution in [3.8, 4) is 5.75 Å². The van der Waals surface area contributed by atoms with Gasteiger partial charge in [-0.2, -0.15) is 0 Å². The summed E-state index contributed by atoms with van der Waals surface area (Å²) in [6.45, 7) is 6.06. The van der Waals surface area contributed by atoms with E-state index in [0.29, 0.717) is 55.6 Å². The quantitative estimate of drug-likeness (QED) is 0.0829. The van der Waals surface area contributed by atoms with Crippen LogP contribution >= 0.6 is 0 Å². The predicted molar refractivity (Wildman–Crippen MR) is 229 cm³/mol. The number of piperazine rings is 1. The van der Waals surface area contributed by atoms with Crippen molar-refractivity contribution >= 4 is 47.0 Å². The number of carbonyl (C=O) groups is 2. The van der Waals surface area contributed by atoms with Crippen molar-refractivity contribution in [2.75, 3.05) is 42.3 Å². The van der Waals surface area contributed by atoms with E-state index >= 15 is 0 Å². The molecule has 2 aliphatic rings. The summed E-state index contributed by atoms with van der Waals surface area (Å²) in [7, 11) is 3.72. The fourth-order valence-electron chi connectivity index (χ4n) is 7.51. The van der Waals surface area contributed by atoms with Gasteiger partial charge in [-0.25, -0.2) is 9.97 Å². The summed E-state index contributed by atoms with van der Waals surface area (Å²) in [5.41, 5.74) is 26.1. The molecule has 298 valence electrons. The van der Waals surface area contributed by atoms with Gasteiger partial charge in [0.25, 0.3) is 0 Å². The van der Waals surface area contributed by atoms with Crippen molar-refractivity contribution in [1.29, 1.82) is 0 Å². The van der Waals surface area contributed by atoms with Gasteiger partial charge < -0.3 is 42.0 Å². The number of para-hydroxylation sites is 1. The Balaban J connectivity index is 1.15. The van der Waals surface area contributed by atoms with Crippen LogP contribution in [0.2, 0.25) is 0 Å². The number of piperidine rings is 1. The second kappa shape index (κ2) is 18.4. The molecule has 2 saturated heterocycles. The number of hydrogen-bond donors (Lipinski definition) is 5. The lowest BCUT2D eigenvalue weighted by atomic mass is 10.0. The van der Waals surface area contributed by atoms with Crippen molar-refractivity contribution in [2.24, 2.45) is 17.2 Å². The summed E-state index contributed by atoms with van der Waals surface area (Å²) in [4.78, 5) is 40.3. The number of allylic oxidation sites excluding steroid dienone is 1. The van der Waals surface area contributed by atoms with Crippen molar-refractivity contribution in [3.63, 3.8) is 0 Å². The molecule has 2 fully saturated rings. The van der Waals surface area contributed by atoms with Gasteiger partial charge in [-0.05, 0) is 60.7 Å². The van der Waals surface area contributed by atoms with Gasteiger partial charge in [-0.15, -0.1) is 0 Å². The molecule has 0 radical (unpaired) electrons. The number of carbonyl (C=O) groups excluding carboxylic acids is 2. The maximum atomic E-state index is 12.5. The number of hydrogen-bond acceptors (Lipinski definition) is 12. The van der Waals surface area contributed by atoms with E-state index in [9.17, 15) is 9.59 Å². The second-order valence-electron chi connectivity index (χ2n) is 14.4. The molecule has 2 aliphatic heterocycles. The largest absolute Gasteiger partial charge is 0.488 e. The van der Waals surface area contributed by atoms with Gasteiger partial charge in [0, 0.05) is 74.9 Å². The van der Waals surface area contributed by atoms with Crippen molar-refractivity contribution < 1.29 is 14.3 Å². The Bertz CT molecular complexity index is 2100. The molecular weight excluding hydrogens is 717 g/mol. The third-order valence-electron chi connectivity index (χ3n) is 10.7. The topological polar surface area (TPSA) is 181 Å². The molecule has 0 aliphatic carbocycles. The fraction of sp³-hybridized carbons (Fsp3) is 0.318. The van der Waals surface area contributed by atoms with E-state index in [2.05, 4.69) is 34.3 Å². The van der Waals surface area contributed by atoms with Crippen LogP contribution in [-0.2, 0) is 16.2 Å². The van der Waals surface area contributed by atoms with Crippen molar-refractivity contribution in [3.05, 3.63) is 125 Å². The third-order valence-corrected chi connectivity index (χ3v) is 10.7. The lowest BCUT2D eigenvalue weighted by Crippen LogP contribution is -2.59. The molecular formula is C44H54N10O3. The number of imide groups is 1. The van der Waals surface area contributed by atoms with Crippen LogP contribution in [0.15, 0.2) is 103 Å². The summed E-state index contributed by atoms with van der Waals surface area (Å²) in [6.07, 6.45) is 12.1. The third kappa shape index (κ3) is 9.49. The highest BCUT2D eigenvalue weighted by molar-refractivity contribution is 6.02. The molecule has 0 spiro atoms. The zero-order chi connectivity index (χ0) is 40.5. The van der Waals surface area contributed by atoms with Gasteiger partial charge in [0.05, 0.1) is 17.1 Å². The lowest BCUT2D eigenvalue weighted by Gasteiger charge is -2.47. The first kappa shape index (κ1) is 40.2. The molecule has 13 heteroatoms. The Hall–Kier alpha value is -6.50. The first-order valence-corrected chi connectivity index (χ1v) is 19.5. The summed E-state index contributed by atoms with van der Waals surface area (Å²) >= 11 is 0. The van der Waals surface area contributed by atoms with Crippen LogP contribution in [0, 0.1) is 0 Å². The van der Waals surface area contributed by atoms with Gasteiger partial charge in [-0.1, -0.05) is 74.5 Å². The van der Waals surface area contributed by atoms with E-state index in [0.717, 1.165) is 46.5 Å². The highest BCUT2D eigenvalue weighted by atomic mass is 16.5. The smallest absolute Gasteiger partial charge is 0.249 e. The molecule has 6 rings (SSSR count). The summed E-state index contributed by atoms with van der Waals surface area (Å²) in [6, 6.07) is 23.5. The maximum Gasteiger partial charge on any atom is 0.249 e. The Labute approximate surface area is 335 Å². The first-order valence-electron chi connectivity index (χ1n) is 19.5. The molecule has 1 aromatic heterocycles. The minimum Gasteiger partial charge on any atom is -0.488 e. The van der Waals surface area contributed by atoms with Crippen molar-refractivity contribution in [1.82, 2.24) is 20.2 Å². The van der Waals surface area contributed by atoms with Crippen LogP contribution < -0.4 is 42.4 Å². The SMILES string of the molecule is CCC1CN(C(/C=C(\N)c2ccccc2OCc2ccccc2)=C(N)N)CC(CC)N1c1ncc(/C=C/c2ccc(N(C)C3CCC(=O)NC3=O)c(NC)c2)cn1. The first-order chi connectivity index (χ1) is 27.6. The number of benzene rings is 3. The number of likely N-dealkylation sites (N-methyl/N-ethyl adjacent to an activating group) is 1. The number of aromatic nitrogens is 2. The Morgan fingerprint density at radius 3 is 2.25 bits per heavy atom. The molecule has 8 N–H and O–H groups in total. The van der Waals surface area contributed by atoms with Gasteiger partial charge in [-0.3, -0.25) is 14.9 Å². The van der Waals surface area contributed by atoms with E-state index in [-0.39, 0.29) is 29.7 Å². The minimum absolute atomic E-state index is 0.0901. The molecule has 4 aromatic rings. The highest BCUT2D eigenvalue weighted by Crippen LogP contribution is 2.32. The molecule has 13 nitrogen and oxygen atoms in total. The zero-order valence-corrected chi connectivity index (χ0v) is 33.2. The van der Waals surface area contributed by atoms with Gasteiger partial charge in [0.2, 0.25) is 17.8 Å². The zero-order valence-electron chi connectivity index (χ0n) is 33.2. The van der Waals surface area contributed by atoms with Crippen LogP contribution in [0.1, 0.15) is 61.8 Å². The summed E-state index contributed by atoms with van der Waals surface area (Å²) < 4.78 is 6.19. The van der Waals surface area contributed by atoms with E-state index in [1.54, 1.807) is 0 Å².